The summed E-state index contributed by atoms with van der Waals surface area (Å²) in [5, 5.41) is 23.8. The highest BCUT2D eigenvalue weighted by atomic mass is 32.1. The van der Waals surface area contributed by atoms with Crippen molar-refractivity contribution in [1.82, 2.24) is 9.88 Å². The fourth-order valence-corrected chi connectivity index (χ4v) is 5.35. The molecule has 0 atom stereocenters. The van der Waals surface area contributed by atoms with Gasteiger partial charge in [-0.1, -0.05) is 30.3 Å². The highest BCUT2D eigenvalue weighted by Gasteiger charge is 2.18. The van der Waals surface area contributed by atoms with Crippen molar-refractivity contribution in [2.45, 2.75) is 26.3 Å². The van der Waals surface area contributed by atoms with Crippen LogP contribution in [0.15, 0.2) is 53.3 Å². The molecule has 1 amide bonds. The fraction of sp³-hybridized carbons (Fsp3) is 0.259. The minimum absolute atomic E-state index is 0.181. The highest BCUT2D eigenvalue weighted by Crippen LogP contribution is 2.27. The van der Waals surface area contributed by atoms with E-state index in [9.17, 15) is 14.9 Å². The van der Waals surface area contributed by atoms with Crippen LogP contribution in [0.3, 0.4) is 0 Å². The van der Waals surface area contributed by atoms with E-state index in [1.165, 1.54) is 21.4 Å². The van der Waals surface area contributed by atoms with Crippen LogP contribution in [0.25, 0.3) is 11.8 Å². The molecular formula is C27H26N6O2S. The van der Waals surface area contributed by atoms with E-state index in [1.807, 2.05) is 24.3 Å². The van der Waals surface area contributed by atoms with Crippen LogP contribution >= 0.6 is 11.3 Å². The number of hydrogen-bond donors (Lipinski definition) is 2. The van der Waals surface area contributed by atoms with E-state index in [-0.39, 0.29) is 22.3 Å². The first-order valence-electron chi connectivity index (χ1n) is 11.7. The Morgan fingerprint density at radius 1 is 1.19 bits per heavy atom. The van der Waals surface area contributed by atoms with Crippen molar-refractivity contribution in [3.63, 3.8) is 0 Å². The Hall–Kier alpha value is -4.34. The van der Waals surface area contributed by atoms with Crippen LogP contribution in [0.1, 0.15) is 18.1 Å². The summed E-state index contributed by atoms with van der Waals surface area (Å²) in [6.07, 6.45) is 3.59. The van der Waals surface area contributed by atoms with E-state index in [2.05, 4.69) is 51.9 Å². The number of benzene rings is 2. The summed E-state index contributed by atoms with van der Waals surface area (Å²) >= 11 is 1.07. The van der Waals surface area contributed by atoms with Crippen molar-refractivity contribution >= 4 is 40.4 Å². The number of hydrogen-bond acceptors (Lipinski definition) is 7. The van der Waals surface area contributed by atoms with Gasteiger partial charge in [0.15, 0.2) is 5.57 Å². The number of carbonyl (C=O) groups is 1. The van der Waals surface area contributed by atoms with E-state index < -0.39 is 5.91 Å². The lowest BCUT2D eigenvalue weighted by Gasteiger charge is -2.19. The summed E-state index contributed by atoms with van der Waals surface area (Å²) in [5.74, 6) is -0.671. The summed E-state index contributed by atoms with van der Waals surface area (Å²) in [6, 6.07) is 20.3. The summed E-state index contributed by atoms with van der Waals surface area (Å²) in [5.41, 5.74) is 4.28. The molecule has 1 aliphatic heterocycles. The zero-order valence-corrected chi connectivity index (χ0v) is 20.8. The molecule has 1 aliphatic rings. The second kappa shape index (κ2) is 11.4. The number of anilines is 2. The van der Waals surface area contributed by atoms with Gasteiger partial charge in [-0.15, -0.1) is 11.3 Å². The summed E-state index contributed by atoms with van der Waals surface area (Å²) in [4.78, 5) is 27.6. The second-order valence-electron chi connectivity index (χ2n) is 8.25. The Morgan fingerprint density at radius 3 is 2.81 bits per heavy atom. The largest absolute Gasteiger partial charge is 0.371 e. The van der Waals surface area contributed by atoms with Gasteiger partial charge in [0.1, 0.15) is 21.8 Å². The van der Waals surface area contributed by atoms with Crippen molar-refractivity contribution in [3.8, 4) is 12.1 Å². The third kappa shape index (κ3) is 5.32. The van der Waals surface area contributed by atoms with Crippen LogP contribution in [0.2, 0.25) is 0 Å². The number of rotatable bonds is 8. The molecule has 2 heterocycles. The van der Waals surface area contributed by atoms with Crippen LogP contribution in [0, 0.1) is 22.7 Å². The topological polar surface area (TPSA) is 114 Å². The average molecular weight is 499 g/mol. The minimum Gasteiger partial charge on any atom is -0.371 e. The van der Waals surface area contributed by atoms with Gasteiger partial charge in [-0.3, -0.25) is 14.2 Å². The second-order valence-corrected chi connectivity index (χ2v) is 9.28. The molecule has 3 aromatic rings. The lowest BCUT2D eigenvalue weighted by molar-refractivity contribution is -0.115. The number of aromatic nitrogens is 1. The normalized spacial score (nSPS) is 13.5. The van der Waals surface area contributed by atoms with Gasteiger partial charge >= 0.3 is 0 Å². The van der Waals surface area contributed by atoms with E-state index in [0.717, 1.165) is 43.0 Å². The number of nitriles is 2. The number of para-hydroxylation sites is 1. The molecule has 0 saturated carbocycles. The van der Waals surface area contributed by atoms with Gasteiger partial charge in [-0.25, -0.2) is 0 Å². The van der Waals surface area contributed by atoms with Gasteiger partial charge in [0.2, 0.25) is 0 Å². The zero-order chi connectivity index (χ0) is 25.5. The number of nitrogens with one attached hydrogen (secondary N) is 2. The third-order valence-electron chi connectivity index (χ3n) is 6.06. The molecule has 0 aliphatic carbocycles. The van der Waals surface area contributed by atoms with Gasteiger partial charge in [0.05, 0.1) is 6.07 Å². The van der Waals surface area contributed by atoms with E-state index in [1.54, 1.807) is 13.1 Å². The SMILES string of the molecule is CCn1c(=C(C#N)C(=O)NCC#N)sc(=CNc2cccc(CCN3CCc4ccccc43)c2)c1=O. The van der Waals surface area contributed by atoms with Crippen LogP contribution in [-0.4, -0.2) is 30.1 Å². The standard InChI is InChI=1S/C27H26N6O2S/c1-2-33-26(35)24(36-27(33)22(17-29)25(34)30-13-12-28)18-31-21-8-5-6-19(16-21)10-14-32-15-11-20-7-3-4-9-23(20)32/h3-9,16,18,31H,2,10-11,13-15H2,1H3,(H,30,34). The molecule has 1 aromatic heterocycles. The van der Waals surface area contributed by atoms with Gasteiger partial charge in [0, 0.05) is 37.2 Å². The Kier molecular flexibility index (Phi) is 7.84. The maximum Gasteiger partial charge on any atom is 0.270 e. The van der Waals surface area contributed by atoms with Crippen molar-refractivity contribution < 1.29 is 4.79 Å². The van der Waals surface area contributed by atoms with Crippen molar-refractivity contribution in [2.75, 3.05) is 29.9 Å². The van der Waals surface area contributed by atoms with Crippen LogP contribution < -0.4 is 30.3 Å². The van der Waals surface area contributed by atoms with Crippen LogP contribution in [-0.2, 0) is 24.2 Å². The van der Waals surface area contributed by atoms with Crippen molar-refractivity contribution in [2.24, 2.45) is 0 Å². The number of amides is 1. The number of fused-ring (bicyclic) bond motifs is 1. The zero-order valence-electron chi connectivity index (χ0n) is 20.0. The molecule has 0 radical (unpaired) electrons. The van der Waals surface area contributed by atoms with E-state index >= 15 is 0 Å². The molecule has 0 unspecified atom stereocenters. The van der Waals surface area contributed by atoms with Gasteiger partial charge < -0.3 is 15.5 Å². The van der Waals surface area contributed by atoms with E-state index in [4.69, 9.17) is 5.26 Å². The Bertz CT molecular complexity index is 1540. The van der Waals surface area contributed by atoms with Crippen LogP contribution in [0.4, 0.5) is 11.4 Å². The maximum atomic E-state index is 12.9. The fourth-order valence-electron chi connectivity index (χ4n) is 4.26. The minimum atomic E-state index is -0.671. The number of nitrogens with zero attached hydrogens (tertiary/aromatic N) is 4. The predicted molar refractivity (Wildman–Crippen MR) is 142 cm³/mol. The van der Waals surface area contributed by atoms with Crippen molar-refractivity contribution in [3.05, 3.63) is 79.2 Å². The predicted octanol–water partition coefficient (Wildman–Crippen LogP) is 1.70. The van der Waals surface area contributed by atoms with Gasteiger partial charge in [-0.2, -0.15) is 10.5 Å². The number of thiazole rings is 1. The first-order valence-corrected chi connectivity index (χ1v) is 12.5. The lowest BCUT2D eigenvalue weighted by atomic mass is 10.1. The molecule has 0 fully saturated rings. The maximum absolute atomic E-state index is 12.9. The summed E-state index contributed by atoms with van der Waals surface area (Å²) in [7, 11) is 0. The molecule has 9 heteroatoms. The number of carbonyl (C=O) groups excluding carboxylic acids is 1. The van der Waals surface area contributed by atoms with E-state index in [0.29, 0.717) is 11.1 Å². The smallest absolute Gasteiger partial charge is 0.270 e. The molecule has 2 N–H and O–H groups in total. The quantitative estimate of drug-likeness (QED) is 0.457. The van der Waals surface area contributed by atoms with Gasteiger partial charge in [-0.05, 0) is 49.1 Å². The molecule has 36 heavy (non-hydrogen) atoms. The highest BCUT2D eigenvalue weighted by molar-refractivity contribution is 7.07. The molecular weight excluding hydrogens is 472 g/mol. The summed E-state index contributed by atoms with van der Waals surface area (Å²) < 4.78 is 2.05. The molecule has 182 valence electrons. The molecule has 0 saturated heterocycles. The van der Waals surface area contributed by atoms with Crippen molar-refractivity contribution in [1.29, 1.82) is 10.5 Å². The first-order chi connectivity index (χ1) is 17.5. The lowest BCUT2D eigenvalue weighted by Crippen LogP contribution is -2.34. The average Bonchev–Trinajstić information content (AvgIpc) is 3.46. The van der Waals surface area contributed by atoms with Gasteiger partial charge in [0.25, 0.3) is 11.5 Å². The van der Waals surface area contributed by atoms with Crippen LogP contribution in [0.5, 0.6) is 0 Å². The summed E-state index contributed by atoms with van der Waals surface area (Å²) in [6.45, 7) is 3.84. The molecule has 0 spiro atoms. The molecule has 2 aromatic carbocycles. The Labute approximate surface area is 213 Å². The molecule has 8 nitrogen and oxygen atoms in total. The monoisotopic (exact) mass is 498 g/mol. The Balaban J connectivity index is 1.53. The molecule has 4 rings (SSSR count). The molecule has 0 bridgehead atoms. The Morgan fingerprint density at radius 2 is 2.03 bits per heavy atom. The first kappa shape index (κ1) is 24.8. The third-order valence-corrected chi connectivity index (χ3v) is 7.19.